The molecule has 0 spiro atoms. The minimum Gasteiger partial charge on any atom is -0.507 e. The highest BCUT2D eigenvalue weighted by atomic mass is 35.5. The molecule has 3 N–H and O–H groups in total. The number of benzene rings is 1. The van der Waals surface area contributed by atoms with E-state index in [4.69, 9.17) is 11.6 Å². The number of halogens is 1. The van der Waals surface area contributed by atoms with Crippen molar-refractivity contribution < 1.29 is 9.90 Å². The topological polar surface area (TPSA) is 74.2 Å². The van der Waals surface area contributed by atoms with Gasteiger partial charge in [-0.25, -0.2) is 4.98 Å². The number of aromatic nitrogens is 1. The SMILES string of the molecule is O=C(Nc1nc2c(s1)CNCC2)c1ccc(Cl)cc1O. The molecule has 0 unspecified atom stereocenters. The largest absolute Gasteiger partial charge is 0.507 e. The Morgan fingerprint density at radius 2 is 2.35 bits per heavy atom. The van der Waals surface area contributed by atoms with Gasteiger partial charge in [0.2, 0.25) is 0 Å². The van der Waals surface area contributed by atoms with Gasteiger partial charge in [-0.15, -0.1) is 11.3 Å². The number of aromatic hydroxyl groups is 1. The Bertz CT molecular complexity index is 648. The summed E-state index contributed by atoms with van der Waals surface area (Å²) in [6.07, 6.45) is 0.869. The lowest BCUT2D eigenvalue weighted by atomic mass is 10.2. The number of nitrogens with one attached hydrogen (secondary N) is 2. The van der Waals surface area contributed by atoms with Crippen LogP contribution in [0.1, 0.15) is 20.9 Å². The highest BCUT2D eigenvalue weighted by molar-refractivity contribution is 7.15. The number of carbonyl (C=O) groups excluding carboxylic acids is 1. The van der Waals surface area contributed by atoms with Crippen LogP contribution in [0.3, 0.4) is 0 Å². The number of phenolic OH excluding ortho intramolecular Hbond substituents is 1. The number of nitrogens with zero attached hydrogens (tertiary/aromatic N) is 1. The second-order valence-corrected chi connectivity index (χ2v) is 5.95. The van der Waals surface area contributed by atoms with E-state index in [9.17, 15) is 9.90 Å². The normalized spacial score (nSPS) is 13.8. The van der Waals surface area contributed by atoms with Crippen molar-refractivity contribution in [2.24, 2.45) is 0 Å². The van der Waals surface area contributed by atoms with Crippen LogP contribution in [0.4, 0.5) is 5.13 Å². The van der Waals surface area contributed by atoms with Gasteiger partial charge in [0.25, 0.3) is 5.91 Å². The standard InChI is InChI=1S/C13H12ClN3O2S/c14-7-1-2-8(10(18)5-7)12(19)17-13-16-9-3-4-15-6-11(9)20-13/h1-2,5,15,18H,3-4,6H2,(H,16,17,19). The lowest BCUT2D eigenvalue weighted by molar-refractivity contribution is 0.102. The van der Waals surface area contributed by atoms with E-state index in [-0.39, 0.29) is 11.3 Å². The molecular formula is C13H12ClN3O2S. The maximum absolute atomic E-state index is 12.1. The van der Waals surface area contributed by atoms with E-state index in [1.165, 1.54) is 23.5 Å². The molecule has 5 nitrogen and oxygen atoms in total. The number of anilines is 1. The third-order valence-corrected chi connectivity index (χ3v) is 4.28. The van der Waals surface area contributed by atoms with Crippen LogP contribution >= 0.6 is 22.9 Å². The highest BCUT2D eigenvalue weighted by Gasteiger charge is 2.18. The zero-order chi connectivity index (χ0) is 14.1. The Labute approximate surface area is 124 Å². The van der Waals surface area contributed by atoms with Crippen LogP contribution in [-0.4, -0.2) is 22.5 Å². The monoisotopic (exact) mass is 309 g/mol. The van der Waals surface area contributed by atoms with Crippen LogP contribution < -0.4 is 10.6 Å². The van der Waals surface area contributed by atoms with Gasteiger partial charge in [0, 0.05) is 29.4 Å². The fourth-order valence-electron chi connectivity index (χ4n) is 2.04. The maximum atomic E-state index is 12.1. The molecule has 0 fully saturated rings. The molecule has 0 bridgehead atoms. The molecule has 0 atom stereocenters. The Morgan fingerprint density at radius 1 is 1.50 bits per heavy atom. The number of rotatable bonds is 2. The summed E-state index contributed by atoms with van der Waals surface area (Å²) in [5, 5.41) is 16.6. The Balaban J connectivity index is 1.80. The number of carbonyl (C=O) groups is 1. The molecule has 1 amide bonds. The van der Waals surface area contributed by atoms with Crippen LogP contribution in [0.15, 0.2) is 18.2 Å². The smallest absolute Gasteiger partial charge is 0.261 e. The summed E-state index contributed by atoms with van der Waals surface area (Å²) in [5.74, 6) is -0.531. The van der Waals surface area contributed by atoms with E-state index in [0.717, 1.165) is 30.1 Å². The van der Waals surface area contributed by atoms with Crippen LogP contribution in [0.25, 0.3) is 0 Å². The molecule has 2 heterocycles. The lowest BCUT2D eigenvalue weighted by Gasteiger charge is -2.09. The van der Waals surface area contributed by atoms with Crippen molar-refractivity contribution in [3.05, 3.63) is 39.4 Å². The molecule has 0 aliphatic carbocycles. The summed E-state index contributed by atoms with van der Waals surface area (Å²) >= 11 is 7.20. The zero-order valence-corrected chi connectivity index (χ0v) is 12.0. The lowest BCUT2D eigenvalue weighted by Crippen LogP contribution is -2.22. The quantitative estimate of drug-likeness (QED) is 0.796. The van der Waals surface area contributed by atoms with E-state index in [1.807, 2.05) is 0 Å². The number of hydrogen-bond donors (Lipinski definition) is 3. The van der Waals surface area contributed by atoms with Crippen molar-refractivity contribution in [1.29, 1.82) is 0 Å². The average molecular weight is 310 g/mol. The second-order valence-electron chi connectivity index (χ2n) is 4.43. The van der Waals surface area contributed by atoms with Crippen molar-refractivity contribution in [3.8, 4) is 5.75 Å². The zero-order valence-electron chi connectivity index (χ0n) is 10.4. The molecular weight excluding hydrogens is 298 g/mol. The number of fused-ring (bicyclic) bond motifs is 1. The minimum atomic E-state index is -0.391. The predicted octanol–water partition coefficient (Wildman–Crippen LogP) is 2.40. The van der Waals surface area contributed by atoms with Crippen molar-refractivity contribution in [3.63, 3.8) is 0 Å². The highest BCUT2D eigenvalue weighted by Crippen LogP contribution is 2.27. The Hall–Kier alpha value is -1.63. The molecule has 0 radical (unpaired) electrons. The third-order valence-electron chi connectivity index (χ3n) is 3.03. The van der Waals surface area contributed by atoms with E-state index in [2.05, 4.69) is 15.6 Å². The van der Waals surface area contributed by atoms with Gasteiger partial charge in [-0.3, -0.25) is 10.1 Å². The number of thiazole rings is 1. The van der Waals surface area contributed by atoms with Crippen molar-refractivity contribution in [2.75, 3.05) is 11.9 Å². The van der Waals surface area contributed by atoms with Crippen molar-refractivity contribution >= 4 is 34.0 Å². The van der Waals surface area contributed by atoms with E-state index in [0.29, 0.717) is 10.2 Å². The number of phenols is 1. The summed E-state index contributed by atoms with van der Waals surface area (Å²) < 4.78 is 0. The fraction of sp³-hybridized carbons (Fsp3) is 0.231. The number of amides is 1. The van der Waals surface area contributed by atoms with Crippen molar-refractivity contribution in [2.45, 2.75) is 13.0 Å². The predicted molar refractivity (Wildman–Crippen MR) is 78.6 cm³/mol. The van der Waals surface area contributed by atoms with Gasteiger partial charge in [-0.05, 0) is 18.2 Å². The van der Waals surface area contributed by atoms with Crippen LogP contribution in [0, 0.1) is 0 Å². The molecule has 0 saturated carbocycles. The molecule has 1 aromatic carbocycles. The van der Waals surface area contributed by atoms with Crippen molar-refractivity contribution in [1.82, 2.24) is 10.3 Å². The van der Waals surface area contributed by atoms with Gasteiger partial charge in [0.1, 0.15) is 5.75 Å². The first-order valence-electron chi connectivity index (χ1n) is 6.12. The first-order chi connectivity index (χ1) is 9.63. The molecule has 3 rings (SSSR count). The summed E-state index contributed by atoms with van der Waals surface area (Å²) in [5.41, 5.74) is 1.21. The minimum absolute atomic E-state index is 0.141. The molecule has 2 aromatic rings. The molecule has 104 valence electrons. The Morgan fingerprint density at radius 3 is 3.10 bits per heavy atom. The van der Waals surface area contributed by atoms with E-state index in [1.54, 1.807) is 6.07 Å². The van der Waals surface area contributed by atoms with Gasteiger partial charge in [-0.2, -0.15) is 0 Å². The molecule has 7 heteroatoms. The van der Waals surface area contributed by atoms with Gasteiger partial charge >= 0.3 is 0 Å². The molecule has 0 saturated heterocycles. The van der Waals surface area contributed by atoms with Gasteiger partial charge in [0.05, 0.1) is 11.3 Å². The van der Waals surface area contributed by atoms with E-state index < -0.39 is 5.91 Å². The molecule has 1 aliphatic heterocycles. The summed E-state index contributed by atoms with van der Waals surface area (Å²) in [6.45, 7) is 1.69. The van der Waals surface area contributed by atoms with Gasteiger partial charge in [0.15, 0.2) is 5.13 Å². The summed E-state index contributed by atoms with van der Waals surface area (Å²) in [7, 11) is 0. The molecule has 20 heavy (non-hydrogen) atoms. The van der Waals surface area contributed by atoms with Crippen LogP contribution in [0.2, 0.25) is 5.02 Å². The first kappa shape index (κ1) is 13.4. The van der Waals surface area contributed by atoms with Crippen LogP contribution in [-0.2, 0) is 13.0 Å². The second kappa shape index (κ2) is 5.40. The average Bonchev–Trinajstić information content (AvgIpc) is 2.80. The molecule has 1 aromatic heterocycles. The van der Waals surface area contributed by atoms with Gasteiger partial charge in [-0.1, -0.05) is 11.6 Å². The fourth-order valence-corrected chi connectivity index (χ4v) is 3.18. The summed E-state index contributed by atoms with van der Waals surface area (Å²) in [4.78, 5) is 17.6. The molecule has 1 aliphatic rings. The Kier molecular flexibility index (Phi) is 3.60. The third kappa shape index (κ3) is 2.63. The van der Waals surface area contributed by atoms with E-state index >= 15 is 0 Å². The summed E-state index contributed by atoms with van der Waals surface area (Å²) in [6, 6.07) is 4.39. The number of hydrogen-bond acceptors (Lipinski definition) is 5. The van der Waals surface area contributed by atoms with Gasteiger partial charge < -0.3 is 10.4 Å². The maximum Gasteiger partial charge on any atom is 0.261 e. The first-order valence-corrected chi connectivity index (χ1v) is 7.32. The van der Waals surface area contributed by atoms with Crippen LogP contribution in [0.5, 0.6) is 5.75 Å².